The molecule has 2 nitrogen and oxygen atoms in total. The van der Waals surface area contributed by atoms with E-state index in [9.17, 15) is 0 Å². The van der Waals surface area contributed by atoms with Gasteiger partial charge in [-0.15, -0.1) is 11.6 Å². The Balaban J connectivity index is 2.45. The Morgan fingerprint density at radius 2 is 1.67 bits per heavy atom. The molecule has 1 rings (SSSR count). The maximum Gasteiger partial charge on any atom is 0.219 e. The number of nitrogens with one attached hydrogen (secondary N) is 1. The summed E-state index contributed by atoms with van der Waals surface area (Å²) in [6, 6.07) is 0. The van der Waals surface area contributed by atoms with Crippen LogP contribution >= 0.6 is 46.4 Å². The Kier molecular flexibility index (Phi) is 4.22. The van der Waals surface area contributed by atoms with Gasteiger partial charge in [0.2, 0.25) is 3.79 Å². The third-order valence-corrected chi connectivity index (χ3v) is 3.30. The molecule has 0 aliphatic carbocycles. The van der Waals surface area contributed by atoms with Gasteiger partial charge in [-0.3, -0.25) is 4.90 Å². The Morgan fingerprint density at radius 3 is 2.08 bits per heavy atom. The predicted octanol–water partition coefficient (Wildman–Crippen LogP) is 1.83. The number of halogens is 4. The van der Waals surface area contributed by atoms with Crippen LogP contribution in [0, 0.1) is 0 Å². The SMILES string of the molecule is ClC(N1CCNCC1)C(Cl)(Cl)Cl. The molecule has 1 unspecified atom stereocenters. The molecule has 0 bridgehead atoms. The van der Waals surface area contributed by atoms with Crippen LogP contribution in [0.3, 0.4) is 0 Å². The standard InChI is InChI=1S/C6H10Cl4N2/c7-5(6(8,9)10)12-3-1-11-2-4-12/h5,11H,1-4H2. The lowest BCUT2D eigenvalue weighted by atomic mass is 10.4. The van der Waals surface area contributed by atoms with Gasteiger partial charge in [0.15, 0.2) is 0 Å². The van der Waals surface area contributed by atoms with Crippen molar-refractivity contribution in [3.05, 3.63) is 0 Å². The highest BCUT2D eigenvalue weighted by Gasteiger charge is 2.35. The smallest absolute Gasteiger partial charge is 0.219 e. The van der Waals surface area contributed by atoms with Crippen molar-refractivity contribution in [2.45, 2.75) is 9.29 Å². The Labute approximate surface area is 92.1 Å². The van der Waals surface area contributed by atoms with Gasteiger partial charge in [-0.2, -0.15) is 0 Å². The first-order chi connectivity index (χ1) is 5.52. The third kappa shape index (κ3) is 3.09. The second-order valence-corrected chi connectivity index (χ2v) is 5.45. The molecule has 0 aromatic carbocycles. The number of hydrogen-bond acceptors (Lipinski definition) is 2. The van der Waals surface area contributed by atoms with E-state index >= 15 is 0 Å². The molecule has 1 aliphatic rings. The molecule has 0 amide bonds. The summed E-state index contributed by atoms with van der Waals surface area (Å²) in [5.74, 6) is 0. The van der Waals surface area contributed by atoms with Crippen molar-refractivity contribution in [1.29, 1.82) is 0 Å². The molecular weight excluding hydrogens is 242 g/mol. The summed E-state index contributed by atoms with van der Waals surface area (Å²) in [4.78, 5) is 1.95. The van der Waals surface area contributed by atoms with E-state index in [0.29, 0.717) is 0 Å². The van der Waals surface area contributed by atoms with Crippen LogP contribution in [0.4, 0.5) is 0 Å². The minimum atomic E-state index is -1.40. The van der Waals surface area contributed by atoms with Crippen LogP contribution in [0.1, 0.15) is 0 Å². The van der Waals surface area contributed by atoms with E-state index in [1.807, 2.05) is 4.90 Å². The highest BCUT2D eigenvalue weighted by Crippen LogP contribution is 2.35. The van der Waals surface area contributed by atoms with Crippen LogP contribution in [0.2, 0.25) is 0 Å². The summed E-state index contributed by atoms with van der Waals surface area (Å²) in [6.45, 7) is 3.43. The van der Waals surface area contributed by atoms with Crippen molar-refractivity contribution in [1.82, 2.24) is 10.2 Å². The molecule has 1 aliphatic heterocycles. The van der Waals surface area contributed by atoms with Crippen LogP contribution in [0.5, 0.6) is 0 Å². The molecule has 0 saturated carbocycles. The van der Waals surface area contributed by atoms with Gasteiger partial charge in [0.05, 0.1) is 0 Å². The Morgan fingerprint density at radius 1 is 1.17 bits per heavy atom. The summed E-state index contributed by atoms with van der Waals surface area (Å²) in [5, 5.41) is 3.19. The maximum atomic E-state index is 5.94. The first kappa shape index (κ1) is 11.2. The van der Waals surface area contributed by atoms with Crippen LogP contribution < -0.4 is 5.32 Å². The Hall–Kier alpha value is 1.08. The van der Waals surface area contributed by atoms with Gasteiger partial charge in [0, 0.05) is 26.2 Å². The van der Waals surface area contributed by atoms with Gasteiger partial charge in [-0.25, -0.2) is 0 Å². The normalized spacial score (nSPS) is 24.0. The van der Waals surface area contributed by atoms with Crippen LogP contribution in [0.15, 0.2) is 0 Å². The third-order valence-electron chi connectivity index (χ3n) is 1.74. The summed E-state index contributed by atoms with van der Waals surface area (Å²) >= 11 is 22.9. The second-order valence-electron chi connectivity index (χ2n) is 2.66. The summed E-state index contributed by atoms with van der Waals surface area (Å²) < 4.78 is -1.40. The van der Waals surface area contributed by atoms with Gasteiger partial charge in [0.25, 0.3) is 0 Å². The molecule has 0 aromatic rings. The van der Waals surface area contributed by atoms with Gasteiger partial charge < -0.3 is 5.32 Å². The zero-order chi connectivity index (χ0) is 9.19. The van der Waals surface area contributed by atoms with Crippen molar-refractivity contribution in [2.24, 2.45) is 0 Å². The molecule has 6 heteroatoms. The molecule has 1 atom stereocenters. The largest absolute Gasteiger partial charge is 0.314 e. The highest BCUT2D eigenvalue weighted by atomic mass is 35.6. The van der Waals surface area contributed by atoms with Crippen molar-refractivity contribution < 1.29 is 0 Å². The molecule has 0 spiro atoms. The van der Waals surface area contributed by atoms with Crippen LogP contribution in [-0.2, 0) is 0 Å². The van der Waals surface area contributed by atoms with E-state index in [1.54, 1.807) is 0 Å². The minimum absolute atomic E-state index is 0.537. The molecule has 72 valence electrons. The van der Waals surface area contributed by atoms with E-state index in [0.717, 1.165) is 26.2 Å². The molecule has 1 N–H and O–H groups in total. The maximum absolute atomic E-state index is 5.94. The fourth-order valence-corrected chi connectivity index (χ4v) is 1.73. The molecule has 0 radical (unpaired) electrons. The molecule has 1 saturated heterocycles. The second kappa shape index (κ2) is 4.54. The van der Waals surface area contributed by atoms with E-state index in [2.05, 4.69) is 5.32 Å². The van der Waals surface area contributed by atoms with Gasteiger partial charge in [0.1, 0.15) is 5.50 Å². The van der Waals surface area contributed by atoms with E-state index in [1.165, 1.54) is 0 Å². The summed E-state index contributed by atoms with van der Waals surface area (Å²) in [5.41, 5.74) is -0.537. The lowest BCUT2D eigenvalue weighted by Gasteiger charge is -2.34. The average Bonchev–Trinajstić information content (AvgIpc) is 2.03. The summed E-state index contributed by atoms with van der Waals surface area (Å²) in [6.07, 6.45) is 0. The minimum Gasteiger partial charge on any atom is -0.314 e. The fraction of sp³-hybridized carbons (Fsp3) is 1.00. The van der Waals surface area contributed by atoms with E-state index < -0.39 is 9.29 Å². The quantitative estimate of drug-likeness (QED) is 0.565. The topological polar surface area (TPSA) is 15.3 Å². The van der Waals surface area contributed by atoms with Gasteiger partial charge in [-0.05, 0) is 0 Å². The summed E-state index contributed by atoms with van der Waals surface area (Å²) in [7, 11) is 0. The van der Waals surface area contributed by atoms with Gasteiger partial charge in [-0.1, -0.05) is 34.8 Å². The molecule has 12 heavy (non-hydrogen) atoms. The van der Waals surface area contributed by atoms with Gasteiger partial charge >= 0.3 is 0 Å². The van der Waals surface area contributed by atoms with Crippen LogP contribution in [0.25, 0.3) is 0 Å². The number of rotatable bonds is 1. The molecular formula is C6H10Cl4N2. The predicted molar refractivity (Wildman–Crippen MR) is 54.4 cm³/mol. The highest BCUT2D eigenvalue weighted by molar-refractivity contribution is 6.70. The fourth-order valence-electron chi connectivity index (χ4n) is 1.12. The lowest BCUT2D eigenvalue weighted by Crippen LogP contribution is -2.50. The zero-order valence-electron chi connectivity index (χ0n) is 6.36. The number of hydrogen-bond donors (Lipinski definition) is 1. The molecule has 1 fully saturated rings. The van der Waals surface area contributed by atoms with E-state index in [4.69, 9.17) is 46.4 Å². The zero-order valence-corrected chi connectivity index (χ0v) is 9.39. The monoisotopic (exact) mass is 250 g/mol. The number of alkyl halides is 4. The van der Waals surface area contributed by atoms with Crippen molar-refractivity contribution in [3.8, 4) is 0 Å². The molecule has 0 aromatic heterocycles. The van der Waals surface area contributed by atoms with Crippen molar-refractivity contribution in [2.75, 3.05) is 26.2 Å². The first-order valence-electron chi connectivity index (χ1n) is 3.67. The van der Waals surface area contributed by atoms with Crippen LogP contribution in [-0.4, -0.2) is 40.4 Å². The van der Waals surface area contributed by atoms with Crippen molar-refractivity contribution >= 4 is 46.4 Å². The van der Waals surface area contributed by atoms with Crippen molar-refractivity contribution in [3.63, 3.8) is 0 Å². The average molecular weight is 252 g/mol. The molecule has 1 heterocycles. The van der Waals surface area contributed by atoms with E-state index in [-0.39, 0.29) is 0 Å². The number of nitrogens with zero attached hydrogens (tertiary/aromatic N) is 1. The number of piperazine rings is 1. The lowest BCUT2D eigenvalue weighted by molar-refractivity contribution is 0.222. The Bertz CT molecular complexity index is 141. The first-order valence-corrected chi connectivity index (χ1v) is 5.24.